The third-order valence-electron chi connectivity index (χ3n) is 2.54. The van der Waals surface area contributed by atoms with Crippen LogP contribution in [-0.2, 0) is 4.74 Å². The highest BCUT2D eigenvalue weighted by Crippen LogP contribution is 2.23. The molecule has 2 N–H and O–H groups in total. The quantitative estimate of drug-likeness (QED) is 0.599. The van der Waals surface area contributed by atoms with Crippen LogP contribution >= 0.6 is 0 Å². The minimum Gasteiger partial charge on any atom is -0.381 e. The molecule has 0 heterocycles. The summed E-state index contributed by atoms with van der Waals surface area (Å²) in [6.45, 7) is 9.04. The molecule has 0 amide bonds. The van der Waals surface area contributed by atoms with Gasteiger partial charge in [-0.25, -0.2) is 0 Å². The molecular weight excluding hydrogens is 150 g/mol. The van der Waals surface area contributed by atoms with Gasteiger partial charge in [-0.2, -0.15) is 0 Å². The molecule has 0 spiro atoms. The first-order chi connectivity index (χ1) is 5.68. The second-order valence-corrected chi connectivity index (χ2v) is 3.73. The number of ether oxygens (including phenoxy) is 1. The third-order valence-corrected chi connectivity index (χ3v) is 2.54. The molecule has 0 aromatic rings. The Bertz CT molecular complexity index is 100. The van der Waals surface area contributed by atoms with E-state index in [0.717, 1.165) is 39.0 Å². The fourth-order valence-electron chi connectivity index (χ4n) is 0.988. The zero-order valence-electron chi connectivity index (χ0n) is 8.73. The Morgan fingerprint density at radius 1 is 1.25 bits per heavy atom. The molecule has 2 nitrogen and oxygen atoms in total. The van der Waals surface area contributed by atoms with E-state index in [1.807, 2.05) is 0 Å². The second-order valence-electron chi connectivity index (χ2n) is 3.73. The van der Waals surface area contributed by atoms with E-state index >= 15 is 0 Å². The smallest absolute Gasteiger partial charge is 0.0471 e. The molecule has 12 heavy (non-hydrogen) atoms. The van der Waals surface area contributed by atoms with Crippen molar-refractivity contribution in [3.8, 4) is 0 Å². The van der Waals surface area contributed by atoms with Crippen LogP contribution in [0.5, 0.6) is 0 Å². The van der Waals surface area contributed by atoms with Crippen molar-refractivity contribution >= 4 is 0 Å². The van der Waals surface area contributed by atoms with Crippen LogP contribution in [0.3, 0.4) is 0 Å². The largest absolute Gasteiger partial charge is 0.381 e. The molecule has 0 radical (unpaired) electrons. The molecule has 0 saturated heterocycles. The van der Waals surface area contributed by atoms with Gasteiger partial charge >= 0.3 is 0 Å². The standard InChI is InChI=1S/C10H23NO/c1-4-7-12-8-6-10(3,5-2)9-11/h4-9,11H2,1-3H3. The predicted octanol–water partition coefficient (Wildman–Crippen LogP) is 2.18. The predicted molar refractivity (Wildman–Crippen MR) is 53.2 cm³/mol. The summed E-state index contributed by atoms with van der Waals surface area (Å²) >= 11 is 0. The summed E-state index contributed by atoms with van der Waals surface area (Å²) in [5.74, 6) is 0. The highest BCUT2D eigenvalue weighted by molar-refractivity contribution is 4.72. The topological polar surface area (TPSA) is 35.2 Å². The van der Waals surface area contributed by atoms with Gasteiger partial charge in [0.25, 0.3) is 0 Å². The van der Waals surface area contributed by atoms with E-state index in [1.54, 1.807) is 0 Å². The number of nitrogens with two attached hydrogens (primary N) is 1. The normalized spacial score (nSPS) is 16.0. The Morgan fingerprint density at radius 3 is 2.33 bits per heavy atom. The lowest BCUT2D eigenvalue weighted by molar-refractivity contribution is 0.0999. The Balaban J connectivity index is 3.45. The van der Waals surface area contributed by atoms with Crippen LogP contribution in [0.2, 0.25) is 0 Å². The summed E-state index contributed by atoms with van der Waals surface area (Å²) in [6.07, 6.45) is 3.32. The Labute approximate surface area is 76.5 Å². The first-order valence-corrected chi connectivity index (χ1v) is 4.96. The van der Waals surface area contributed by atoms with Gasteiger partial charge < -0.3 is 10.5 Å². The van der Waals surface area contributed by atoms with Crippen molar-refractivity contribution in [3.63, 3.8) is 0 Å². The summed E-state index contributed by atoms with van der Waals surface area (Å²) in [4.78, 5) is 0. The van der Waals surface area contributed by atoms with E-state index in [9.17, 15) is 0 Å². The summed E-state index contributed by atoms with van der Waals surface area (Å²) in [5, 5.41) is 0. The number of hydrogen-bond donors (Lipinski definition) is 1. The van der Waals surface area contributed by atoms with Crippen molar-refractivity contribution < 1.29 is 4.74 Å². The molecule has 1 unspecified atom stereocenters. The van der Waals surface area contributed by atoms with Gasteiger partial charge in [-0.05, 0) is 31.2 Å². The van der Waals surface area contributed by atoms with Gasteiger partial charge in [-0.15, -0.1) is 0 Å². The monoisotopic (exact) mass is 173 g/mol. The Kier molecular flexibility index (Phi) is 6.39. The van der Waals surface area contributed by atoms with Gasteiger partial charge in [-0.3, -0.25) is 0 Å². The molecule has 0 fully saturated rings. The summed E-state index contributed by atoms with van der Waals surface area (Å²) < 4.78 is 5.43. The van der Waals surface area contributed by atoms with Gasteiger partial charge in [0.15, 0.2) is 0 Å². The van der Waals surface area contributed by atoms with Crippen LogP contribution in [0.4, 0.5) is 0 Å². The van der Waals surface area contributed by atoms with E-state index in [1.165, 1.54) is 0 Å². The van der Waals surface area contributed by atoms with Crippen LogP contribution < -0.4 is 5.73 Å². The third kappa shape index (κ3) is 4.73. The second kappa shape index (κ2) is 6.44. The Hall–Kier alpha value is -0.0800. The molecule has 0 aliphatic carbocycles. The van der Waals surface area contributed by atoms with Gasteiger partial charge in [-0.1, -0.05) is 20.8 Å². The van der Waals surface area contributed by atoms with Crippen molar-refractivity contribution in [1.82, 2.24) is 0 Å². The van der Waals surface area contributed by atoms with Gasteiger partial charge in [0.1, 0.15) is 0 Å². The van der Waals surface area contributed by atoms with Crippen molar-refractivity contribution in [1.29, 1.82) is 0 Å². The fraction of sp³-hybridized carbons (Fsp3) is 1.00. The van der Waals surface area contributed by atoms with Gasteiger partial charge in [0.05, 0.1) is 0 Å². The molecule has 0 aromatic heterocycles. The molecule has 0 bridgehead atoms. The Morgan fingerprint density at radius 2 is 1.92 bits per heavy atom. The SMILES string of the molecule is CCCOCCC(C)(CC)CN. The van der Waals surface area contributed by atoms with Crippen LogP contribution in [-0.4, -0.2) is 19.8 Å². The molecule has 2 heteroatoms. The van der Waals surface area contributed by atoms with Crippen molar-refractivity contribution in [2.24, 2.45) is 11.1 Å². The minimum atomic E-state index is 0.285. The highest BCUT2D eigenvalue weighted by Gasteiger charge is 2.19. The lowest BCUT2D eigenvalue weighted by atomic mass is 9.84. The molecule has 1 atom stereocenters. The first kappa shape index (κ1) is 11.9. The zero-order chi connectivity index (χ0) is 9.45. The molecule has 0 saturated carbocycles. The summed E-state index contributed by atoms with van der Waals surface area (Å²) in [7, 11) is 0. The molecule has 74 valence electrons. The van der Waals surface area contributed by atoms with Crippen molar-refractivity contribution in [2.45, 2.75) is 40.0 Å². The average Bonchev–Trinajstić information content (AvgIpc) is 2.12. The van der Waals surface area contributed by atoms with Crippen molar-refractivity contribution in [2.75, 3.05) is 19.8 Å². The summed E-state index contributed by atoms with van der Waals surface area (Å²) in [6, 6.07) is 0. The maximum atomic E-state index is 5.68. The molecule has 0 aliphatic heterocycles. The van der Waals surface area contributed by atoms with Gasteiger partial charge in [0, 0.05) is 13.2 Å². The highest BCUT2D eigenvalue weighted by atomic mass is 16.5. The number of rotatable bonds is 7. The van der Waals surface area contributed by atoms with Crippen LogP contribution in [0, 0.1) is 5.41 Å². The summed E-state index contributed by atoms with van der Waals surface area (Å²) in [5.41, 5.74) is 5.96. The van der Waals surface area contributed by atoms with E-state index < -0.39 is 0 Å². The van der Waals surface area contributed by atoms with Gasteiger partial charge in [0.2, 0.25) is 0 Å². The maximum absolute atomic E-state index is 5.68. The van der Waals surface area contributed by atoms with Crippen LogP contribution in [0.1, 0.15) is 40.0 Å². The van der Waals surface area contributed by atoms with Crippen LogP contribution in [0.25, 0.3) is 0 Å². The lowest BCUT2D eigenvalue weighted by Crippen LogP contribution is -2.27. The molecule has 0 rings (SSSR count). The molecule has 0 aliphatic rings. The fourth-order valence-corrected chi connectivity index (χ4v) is 0.988. The minimum absolute atomic E-state index is 0.285. The number of hydrogen-bond acceptors (Lipinski definition) is 2. The average molecular weight is 173 g/mol. The zero-order valence-corrected chi connectivity index (χ0v) is 8.73. The van der Waals surface area contributed by atoms with Crippen molar-refractivity contribution in [3.05, 3.63) is 0 Å². The maximum Gasteiger partial charge on any atom is 0.0471 e. The van der Waals surface area contributed by atoms with E-state index in [-0.39, 0.29) is 5.41 Å². The lowest BCUT2D eigenvalue weighted by Gasteiger charge is -2.25. The van der Waals surface area contributed by atoms with E-state index in [2.05, 4.69) is 20.8 Å². The van der Waals surface area contributed by atoms with E-state index in [4.69, 9.17) is 10.5 Å². The molecular formula is C10H23NO. The van der Waals surface area contributed by atoms with Crippen LogP contribution in [0.15, 0.2) is 0 Å². The first-order valence-electron chi connectivity index (χ1n) is 4.96. The molecule has 0 aromatic carbocycles. The van der Waals surface area contributed by atoms with E-state index in [0.29, 0.717) is 0 Å².